The quantitative estimate of drug-likeness (QED) is 0.514. The number of non-ortho nitro benzene ring substituents is 1. The van der Waals surface area contributed by atoms with Gasteiger partial charge in [0.15, 0.2) is 0 Å². The molecule has 1 rings (SSSR count). The smallest absolute Gasteiger partial charge is 0.321 e. The monoisotopic (exact) mass is 394 g/mol. The Labute approximate surface area is 135 Å². The minimum absolute atomic E-state index is 0.140. The van der Waals surface area contributed by atoms with E-state index in [1.165, 1.54) is 6.07 Å². The molecule has 0 heterocycles. The molecule has 10 heteroatoms. The summed E-state index contributed by atoms with van der Waals surface area (Å²) < 4.78 is 26.7. The maximum absolute atomic E-state index is 12.2. The van der Waals surface area contributed by atoms with E-state index in [-0.39, 0.29) is 15.8 Å². The van der Waals surface area contributed by atoms with Gasteiger partial charge in [-0.1, -0.05) is 35.7 Å². The summed E-state index contributed by atoms with van der Waals surface area (Å²) in [5.41, 5.74) is -0.407. The van der Waals surface area contributed by atoms with E-state index >= 15 is 0 Å². The Morgan fingerprint density at radius 3 is 2.59 bits per heavy atom. The van der Waals surface area contributed by atoms with Gasteiger partial charge in [0.2, 0.25) is 10.0 Å². The molecule has 1 aromatic carbocycles. The minimum atomic E-state index is -4.18. The summed E-state index contributed by atoms with van der Waals surface area (Å²) in [5, 5.41) is 19.8. The van der Waals surface area contributed by atoms with E-state index in [9.17, 15) is 23.3 Å². The normalized spacial score (nSPS) is 12.8. The Morgan fingerprint density at radius 1 is 1.45 bits per heavy atom. The van der Waals surface area contributed by atoms with Crippen molar-refractivity contribution in [1.82, 2.24) is 4.72 Å². The van der Waals surface area contributed by atoms with Crippen LogP contribution in [0, 0.1) is 10.1 Å². The van der Waals surface area contributed by atoms with Crippen LogP contribution in [0.5, 0.6) is 0 Å². The van der Waals surface area contributed by atoms with Crippen molar-refractivity contribution < 1.29 is 23.2 Å². The summed E-state index contributed by atoms with van der Waals surface area (Å²) in [5.74, 6) is -1.29. The van der Waals surface area contributed by atoms with E-state index in [0.717, 1.165) is 12.1 Å². The highest BCUT2D eigenvalue weighted by Gasteiger charge is 2.26. The summed E-state index contributed by atoms with van der Waals surface area (Å²) in [4.78, 5) is 20.8. The molecular weight excluding hydrogens is 380 g/mol. The first-order chi connectivity index (χ1) is 10.2. The van der Waals surface area contributed by atoms with Crippen molar-refractivity contribution >= 4 is 37.6 Å². The fraction of sp³-hybridized carbons (Fsp3) is 0.417. The van der Waals surface area contributed by atoms with Gasteiger partial charge in [-0.25, -0.2) is 8.42 Å². The first kappa shape index (κ1) is 18.5. The number of halogens is 1. The van der Waals surface area contributed by atoms with Crippen LogP contribution in [-0.2, 0) is 14.8 Å². The van der Waals surface area contributed by atoms with E-state index in [0.29, 0.717) is 12.8 Å². The lowest BCUT2D eigenvalue weighted by atomic mass is 10.1. The molecule has 0 saturated heterocycles. The lowest BCUT2D eigenvalue weighted by Crippen LogP contribution is -2.40. The molecule has 0 spiro atoms. The molecule has 0 aliphatic heterocycles. The number of nitro groups is 1. The van der Waals surface area contributed by atoms with Gasteiger partial charge in [0.05, 0.1) is 9.82 Å². The van der Waals surface area contributed by atoms with Crippen LogP contribution in [0.2, 0.25) is 0 Å². The fourth-order valence-electron chi connectivity index (χ4n) is 1.70. The molecule has 0 aliphatic rings. The van der Waals surface area contributed by atoms with Gasteiger partial charge >= 0.3 is 5.97 Å². The molecule has 0 amide bonds. The fourth-order valence-corrected chi connectivity index (χ4v) is 3.62. The molecule has 1 atom stereocenters. The summed E-state index contributed by atoms with van der Waals surface area (Å²) >= 11 is 3.00. The number of nitrogens with one attached hydrogen (secondary N) is 1. The number of carboxylic acid groups (broad SMARTS) is 1. The maximum atomic E-state index is 12.2. The van der Waals surface area contributed by atoms with Crippen molar-refractivity contribution in [2.45, 2.75) is 37.1 Å². The number of carboxylic acids is 1. The molecule has 0 bridgehead atoms. The van der Waals surface area contributed by atoms with E-state index in [1.807, 2.05) is 6.92 Å². The Morgan fingerprint density at radius 2 is 2.09 bits per heavy atom. The third kappa shape index (κ3) is 5.04. The zero-order chi connectivity index (χ0) is 16.9. The molecule has 22 heavy (non-hydrogen) atoms. The lowest BCUT2D eigenvalue weighted by molar-refractivity contribution is -0.385. The van der Waals surface area contributed by atoms with E-state index < -0.39 is 32.6 Å². The number of carbonyl (C=O) groups is 1. The van der Waals surface area contributed by atoms with Crippen molar-refractivity contribution in [3.8, 4) is 0 Å². The SMILES string of the molecule is CCCC[C@H](NS(=O)(=O)c1cc(Br)cc([N+](=O)[O-])c1)C(=O)O. The second-order valence-corrected chi connectivity index (χ2v) is 7.19. The van der Waals surface area contributed by atoms with Gasteiger partial charge in [0.1, 0.15) is 6.04 Å². The number of rotatable bonds is 8. The second-order valence-electron chi connectivity index (χ2n) is 4.56. The zero-order valence-electron chi connectivity index (χ0n) is 11.7. The maximum Gasteiger partial charge on any atom is 0.321 e. The minimum Gasteiger partial charge on any atom is -0.480 e. The van der Waals surface area contributed by atoms with Gasteiger partial charge in [-0.3, -0.25) is 14.9 Å². The van der Waals surface area contributed by atoms with E-state index in [1.54, 1.807) is 0 Å². The molecule has 0 fully saturated rings. The van der Waals surface area contributed by atoms with Gasteiger partial charge in [-0.15, -0.1) is 0 Å². The summed E-state index contributed by atoms with van der Waals surface area (Å²) in [6, 6.07) is 1.94. The average Bonchev–Trinajstić information content (AvgIpc) is 2.42. The third-order valence-corrected chi connectivity index (χ3v) is 4.73. The first-order valence-corrected chi connectivity index (χ1v) is 8.65. The molecule has 122 valence electrons. The second kappa shape index (κ2) is 7.65. The van der Waals surface area contributed by atoms with Crippen LogP contribution in [0.3, 0.4) is 0 Å². The van der Waals surface area contributed by atoms with Gasteiger partial charge in [-0.2, -0.15) is 4.72 Å². The number of nitrogens with zero attached hydrogens (tertiary/aromatic N) is 1. The van der Waals surface area contributed by atoms with Crippen molar-refractivity contribution in [2.75, 3.05) is 0 Å². The van der Waals surface area contributed by atoms with Crippen LogP contribution in [-0.4, -0.2) is 30.5 Å². The Hall–Kier alpha value is -1.52. The number of nitro benzene ring substituents is 1. The molecule has 0 radical (unpaired) electrons. The van der Waals surface area contributed by atoms with Crippen LogP contribution in [0.25, 0.3) is 0 Å². The number of unbranched alkanes of at least 4 members (excludes halogenated alkanes) is 1. The number of hydrogen-bond donors (Lipinski definition) is 2. The highest BCUT2D eigenvalue weighted by atomic mass is 79.9. The van der Waals surface area contributed by atoms with Crippen molar-refractivity contribution in [3.63, 3.8) is 0 Å². The molecule has 1 aromatic rings. The molecule has 0 aromatic heterocycles. The number of hydrogen-bond acceptors (Lipinski definition) is 5. The number of benzene rings is 1. The average molecular weight is 395 g/mol. The predicted molar refractivity (Wildman–Crippen MR) is 82.1 cm³/mol. The zero-order valence-corrected chi connectivity index (χ0v) is 14.1. The van der Waals surface area contributed by atoms with Gasteiger partial charge in [-0.05, 0) is 12.5 Å². The molecular formula is C12H15BrN2O6S. The van der Waals surface area contributed by atoms with Crippen LogP contribution in [0.15, 0.2) is 27.6 Å². The first-order valence-electron chi connectivity index (χ1n) is 6.37. The number of sulfonamides is 1. The summed E-state index contributed by atoms with van der Waals surface area (Å²) in [7, 11) is -4.18. The molecule has 0 unspecified atom stereocenters. The van der Waals surface area contributed by atoms with Crippen LogP contribution in [0.1, 0.15) is 26.2 Å². The highest BCUT2D eigenvalue weighted by Crippen LogP contribution is 2.24. The van der Waals surface area contributed by atoms with Gasteiger partial charge in [0.25, 0.3) is 5.69 Å². The Bertz CT molecular complexity index is 676. The van der Waals surface area contributed by atoms with Crippen molar-refractivity contribution in [2.24, 2.45) is 0 Å². The highest BCUT2D eigenvalue weighted by molar-refractivity contribution is 9.10. The largest absolute Gasteiger partial charge is 0.480 e. The molecule has 8 nitrogen and oxygen atoms in total. The molecule has 0 saturated carbocycles. The van der Waals surface area contributed by atoms with Gasteiger partial charge < -0.3 is 5.11 Å². The standard InChI is InChI=1S/C12H15BrN2O6S/c1-2-3-4-11(12(16)17)14-22(20,21)10-6-8(13)5-9(7-10)15(18)19/h5-7,11,14H,2-4H2,1H3,(H,16,17)/t11-/m0/s1. The number of aliphatic carboxylic acids is 1. The van der Waals surface area contributed by atoms with Crippen molar-refractivity contribution in [1.29, 1.82) is 0 Å². The third-order valence-electron chi connectivity index (χ3n) is 2.82. The van der Waals surface area contributed by atoms with Crippen LogP contribution >= 0.6 is 15.9 Å². The van der Waals surface area contributed by atoms with Crippen molar-refractivity contribution in [3.05, 3.63) is 32.8 Å². The summed E-state index contributed by atoms with van der Waals surface area (Å²) in [6.07, 6.45) is 1.40. The van der Waals surface area contributed by atoms with E-state index in [2.05, 4.69) is 20.7 Å². The van der Waals surface area contributed by atoms with Crippen LogP contribution in [0.4, 0.5) is 5.69 Å². The van der Waals surface area contributed by atoms with Gasteiger partial charge in [0, 0.05) is 16.6 Å². The van der Waals surface area contributed by atoms with E-state index in [4.69, 9.17) is 5.11 Å². The van der Waals surface area contributed by atoms with Crippen LogP contribution < -0.4 is 4.72 Å². The topological polar surface area (TPSA) is 127 Å². The molecule has 2 N–H and O–H groups in total. The predicted octanol–water partition coefficient (Wildman–Crippen LogP) is 2.28. The lowest BCUT2D eigenvalue weighted by Gasteiger charge is -2.14. The Balaban J connectivity index is 3.12. The Kier molecular flexibility index (Phi) is 6.45. The summed E-state index contributed by atoms with van der Waals surface area (Å²) in [6.45, 7) is 1.85. The molecule has 0 aliphatic carbocycles.